The molecule has 0 heterocycles. The number of phenolic OH excluding ortho intramolecular Hbond substituents is 1. The first-order valence-corrected chi connectivity index (χ1v) is 7.36. The van der Waals surface area contributed by atoms with Gasteiger partial charge in [0.1, 0.15) is 11.5 Å². The first-order valence-electron chi connectivity index (χ1n) is 7.36. The van der Waals surface area contributed by atoms with E-state index in [0.717, 1.165) is 24.8 Å². The number of aromatic hydroxyl groups is 1. The fraction of sp³-hybridized carbons (Fsp3) is 0.588. The van der Waals surface area contributed by atoms with E-state index in [-0.39, 0.29) is 5.78 Å². The SMILES string of the molecule is CCCCCc1c(C)ccc(O)c1CCCC(C)=O. The van der Waals surface area contributed by atoms with Gasteiger partial charge in [0, 0.05) is 6.42 Å². The molecule has 1 N–H and O–H groups in total. The van der Waals surface area contributed by atoms with Crippen LogP contribution in [0.25, 0.3) is 0 Å². The highest BCUT2D eigenvalue weighted by atomic mass is 16.3. The van der Waals surface area contributed by atoms with E-state index in [9.17, 15) is 9.90 Å². The van der Waals surface area contributed by atoms with Crippen molar-refractivity contribution in [3.8, 4) is 5.75 Å². The average molecular weight is 262 g/mol. The third kappa shape index (κ3) is 5.06. The quantitative estimate of drug-likeness (QED) is 0.707. The molecule has 1 rings (SSSR count). The zero-order valence-corrected chi connectivity index (χ0v) is 12.5. The second kappa shape index (κ2) is 7.98. The number of hydrogen-bond acceptors (Lipinski definition) is 2. The Hall–Kier alpha value is -1.31. The molecular formula is C17H26O2. The van der Waals surface area contributed by atoms with Crippen molar-refractivity contribution in [2.45, 2.75) is 65.7 Å². The standard InChI is InChI=1S/C17H26O2/c1-4-5-6-9-15-13(2)11-12-17(19)16(15)10-7-8-14(3)18/h11-12,19H,4-10H2,1-3H3. The van der Waals surface area contributed by atoms with Crippen LogP contribution in [0.3, 0.4) is 0 Å². The van der Waals surface area contributed by atoms with E-state index in [2.05, 4.69) is 13.8 Å². The molecule has 2 heteroatoms. The van der Waals surface area contributed by atoms with Gasteiger partial charge in [-0.3, -0.25) is 0 Å². The lowest BCUT2D eigenvalue weighted by Gasteiger charge is -2.14. The molecular weight excluding hydrogens is 236 g/mol. The van der Waals surface area contributed by atoms with Crippen molar-refractivity contribution >= 4 is 5.78 Å². The summed E-state index contributed by atoms with van der Waals surface area (Å²) in [5, 5.41) is 10.1. The van der Waals surface area contributed by atoms with Crippen LogP contribution >= 0.6 is 0 Å². The van der Waals surface area contributed by atoms with Crippen molar-refractivity contribution in [1.82, 2.24) is 0 Å². The minimum absolute atomic E-state index is 0.222. The molecule has 0 atom stereocenters. The van der Waals surface area contributed by atoms with Crippen molar-refractivity contribution in [2.75, 3.05) is 0 Å². The first-order chi connectivity index (χ1) is 9.06. The van der Waals surface area contributed by atoms with Crippen LogP contribution in [-0.4, -0.2) is 10.9 Å². The Morgan fingerprint density at radius 1 is 1.11 bits per heavy atom. The lowest BCUT2D eigenvalue weighted by Crippen LogP contribution is -2.00. The van der Waals surface area contributed by atoms with E-state index in [1.165, 1.54) is 30.4 Å². The second-order valence-corrected chi connectivity index (χ2v) is 5.37. The smallest absolute Gasteiger partial charge is 0.129 e. The largest absolute Gasteiger partial charge is 0.508 e. The van der Waals surface area contributed by atoms with Crippen molar-refractivity contribution < 1.29 is 9.90 Å². The Morgan fingerprint density at radius 3 is 2.42 bits per heavy atom. The number of unbranched alkanes of at least 4 members (excludes halogenated alkanes) is 2. The number of Topliss-reactive ketones (excluding diaryl/α,β-unsaturated/α-hetero) is 1. The van der Waals surface area contributed by atoms with Crippen LogP contribution in [0.15, 0.2) is 12.1 Å². The Morgan fingerprint density at radius 2 is 1.79 bits per heavy atom. The summed E-state index contributed by atoms with van der Waals surface area (Å²) < 4.78 is 0. The van der Waals surface area contributed by atoms with Crippen LogP contribution in [0.4, 0.5) is 0 Å². The number of carbonyl (C=O) groups excluding carboxylic acids is 1. The minimum atomic E-state index is 0.222. The van der Waals surface area contributed by atoms with Gasteiger partial charge in [0.25, 0.3) is 0 Å². The Kier molecular flexibility index (Phi) is 6.61. The molecule has 1 aromatic carbocycles. The van der Waals surface area contributed by atoms with Gasteiger partial charge in [-0.2, -0.15) is 0 Å². The Balaban J connectivity index is 2.80. The molecule has 0 aromatic heterocycles. The zero-order chi connectivity index (χ0) is 14.3. The first kappa shape index (κ1) is 15.7. The molecule has 0 fully saturated rings. The van der Waals surface area contributed by atoms with Gasteiger partial charge in [-0.15, -0.1) is 0 Å². The van der Waals surface area contributed by atoms with Gasteiger partial charge in [-0.05, 0) is 62.3 Å². The Bertz CT molecular complexity index is 422. The molecule has 1 aromatic rings. The molecule has 19 heavy (non-hydrogen) atoms. The summed E-state index contributed by atoms with van der Waals surface area (Å²) in [6.45, 7) is 5.93. The molecule has 0 saturated carbocycles. The van der Waals surface area contributed by atoms with Crippen LogP contribution < -0.4 is 0 Å². The maximum absolute atomic E-state index is 11.0. The highest BCUT2D eigenvalue weighted by Gasteiger charge is 2.11. The summed E-state index contributed by atoms with van der Waals surface area (Å²) in [4.78, 5) is 11.0. The second-order valence-electron chi connectivity index (χ2n) is 5.37. The molecule has 0 radical (unpaired) electrons. The van der Waals surface area contributed by atoms with Gasteiger partial charge >= 0.3 is 0 Å². The zero-order valence-electron chi connectivity index (χ0n) is 12.5. The molecule has 0 amide bonds. The predicted octanol–water partition coefficient (Wildman–Crippen LogP) is 4.35. The van der Waals surface area contributed by atoms with E-state index in [4.69, 9.17) is 0 Å². The highest BCUT2D eigenvalue weighted by molar-refractivity contribution is 5.75. The number of aryl methyl sites for hydroxylation is 1. The van der Waals surface area contributed by atoms with Crippen LogP contribution in [-0.2, 0) is 17.6 Å². The average Bonchev–Trinajstić information content (AvgIpc) is 2.36. The van der Waals surface area contributed by atoms with Crippen LogP contribution in [0.2, 0.25) is 0 Å². The maximum Gasteiger partial charge on any atom is 0.129 e. The summed E-state index contributed by atoms with van der Waals surface area (Å²) in [7, 11) is 0. The maximum atomic E-state index is 11.0. The summed E-state index contributed by atoms with van der Waals surface area (Å²) in [5.74, 6) is 0.611. The third-order valence-electron chi connectivity index (χ3n) is 3.63. The fourth-order valence-electron chi connectivity index (χ4n) is 2.49. The molecule has 0 bridgehead atoms. The lowest BCUT2D eigenvalue weighted by atomic mass is 9.92. The van der Waals surface area contributed by atoms with Crippen molar-refractivity contribution in [1.29, 1.82) is 0 Å². The summed E-state index contributed by atoms with van der Waals surface area (Å²) in [5.41, 5.74) is 3.60. The van der Waals surface area contributed by atoms with Gasteiger partial charge in [-0.25, -0.2) is 0 Å². The van der Waals surface area contributed by atoms with E-state index in [0.29, 0.717) is 12.2 Å². The van der Waals surface area contributed by atoms with E-state index in [1.807, 2.05) is 6.07 Å². The van der Waals surface area contributed by atoms with Gasteiger partial charge in [0.2, 0.25) is 0 Å². The number of phenols is 1. The van der Waals surface area contributed by atoms with Crippen LogP contribution in [0.5, 0.6) is 5.75 Å². The number of benzene rings is 1. The monoisotopic (exact) mass is 262 g/mol. The number of rotatable bonds is 8. The molecule has 0 aliphatic heterocycles. The normalized spacial score (nSPS) is 10.7. The molecule has 0 aliphatic carbocycles. The van der Waals surface area contributed by atoms with E-state index in [1.54, 1.807) is 13.0 Å². The topological polar surface area (TPSA) is 37.3 Å². The van der Waals surface area contributed by atoms with Gasteiger partial charge < -0.3 is 9.90 Å². The lowest BCUT2D eigenvalue weighted by molar-refractivity contribution is -0.117. The number of ketones is 1. The highest BCUT2D eigenvalue weighted by Crippen LogP contribution is 2.27. The minimum Gasteiger partial charge on any atom is -0.508 e. The molecule has 0 saturated heterocycles. The van der Waals surface area contributed by atoms with Crippen molar-refractivity contribution in [3.63, 3.8) is 0 Å². The van der Waals surface area contributed by atoms with Crippen molar-refractivity contribution in [2.24, 2.45) is 0 Å². The molecule has 2 nitrogen and oxygen atoms in total. The van der Waals surface area contributed by atoms with Gasteiger partial charge in [-0.1, -0.05) is 25.8 Å². The Labute approximate surface area is 116 Å². The summed E-state index contributed by atoms with van der Waals surface area (Å²) in [6.07, 6.45) is 6.85. The number of hydrogen-bond donors (Lipinski definition) is 1. The fourth-order valence-corrected chi connectivity index (χ4v) is 2.49. The van der Waals surface area contributed by atoms with Crippen LogP contribution in [0, 0.1) is 6.92 Å². The molecule has 0 unspecified atom stereocenters. The van der Waals surface area contributed by atoms with Crippen LogP contribution in [0.1, 0.15) is 62.6 Å². The molecule has 106 valence electrons. The van der Waals surface area contributed by atoms with Gasteiger partial charge in [0.15, 0.2) is 0 Å². The number of carbonyl (C=O) groups is 1. The van der Waals surface area contributed by atoms with E-state index >= 15 is 0 Å². The molecule has 0 spiro atoms. The summed E-state index contributed by atoms with van der Waals surface area (Å²) in [6, 6.07) is 3.77. The summed E-state index contributed by atoms with van der Waals surface area (Å²) >= 11 is 0. The van der Waals surface area contributed by atoms with Gasteiger partial charge in [0.05, 0.1) is 0 Å². The van der Waals surface area contributed by atoms with E-state index < -0.39 is 0 Å². The third-order valence-corrected chi connectivity index (χ3v) is 3.63. The molecule has 0 aliphatic rings. The predicted molar refractivity (Wildman–Crippen MR) is 79.7 cm³/mol. The van der Waals surface area contributed by atoms with Crippen molar-refractivity contribution in [3.05, 3.63) is 28.8 Å².